The van der Waals surface area contributed by atoms with Crippen LogP contribution in [0.5, 0.6) is 11.5 Å². The van der Waals surface area contributed by atoms with Crippen molar-refractivity contribution in [2.24, 2.45) is 5.73 Å². The van der Waals surface area contributed by atoms with E-state index in [4.69, 9.17) is 15.2 Å². The van der Waals surface area contributed by atoms with Crippen molar-refractivity contribution in [3.8, 4) is 11.5 Å². The molecule has 0 aliphatic rings. The van der Waals surface area contributed by atoms with Crippen LogP contribution >= 0.6 is 0 Å². The van der Waals surface area contributed by atoms with Crippen molar-refractivity contribution in [1.29, 1.82) is 0 Å². The Morgan fingerprint density at radius 3 is 2.59 bits per heavy atom. The minimum Gasteiger partial charge on any atom is -0.493 e. The Morgan fingerprint density at radius 2 is 1.91 bits per heavy atom. The molecule has 5 N–H and O–H groups in total. The van der Waals surface area contributed by atoms with Gasteiger partial charge in [-0.25, -0.2) is 10.1 Å². The fraction of sp³-hybridized carbons (Fsp3) is 0.250. The number of primary amides is 1. The number of carbonyl (C=O) groups excluding carboxylic acids is 1. The number of fused-ring (bicyclic) bond motifs is 1. The highest BCUT2D eigenvalue weighted by Crippen LogP contribution is 2.38. The molecule has 0 saturated heterocycles. The van der Waals surface area contributed by atoms with Gasteiger partial charge >= 0.3 is 0 Å². The second kappa shape index (κ2) is 10.1. The number of ether oxygens (including phenoxy) is 2. The van der Waals surface area contributed by atoms with E-state index in [9.17, 15) is 4.79 Å². The Balaban J connectivity index is 1.79. The Hall–Kier alpha value is -4.34. The van der Waals surface area contributed by atoms with E-state index in [1.807, 2.05) is 24.3 Å². The Kier molecular flexibility index (Phi) is 6.77. The molecule has 0 atom stereocenters. The molecule has 0 bridgehead atoms. The maximum atomic E-state index is 11.8. The summed E-state index contributed by atoms with van der Waals surface area (Å²) in [5.74, 6) is 1.30. The number of anilines is 3. The molecule has 0 aliphatic carbocycles. The van der Waals surface area contributed by atoms with E-state index in [0.29, 0.717) is 35.1 Å². The quantitative estimate of drug-likeness (QED) is 0.282. The number of carbonyl (C=O) groups is 1. The fourth-order valence-electron chi connectivity index (χ4n) is 3.97. The van der Waals surface area contributed by atoms with Crippen molar-refractivity contribution < 1.29 is 14.3 Å². The molecule has 0 radical (unpaired) electrons. The number of nitrogens with two attached hydrogens (primary N) is 1. The van der Waals surface area contributed by atoms with Crippen LogP contribution in [0.25, 0.3) is 10.9 Å². The van der Waals surface area contributed by atoms with Gasteiger partial charge in [0.1, 0.15) is 6.33 Å². The Bertz CT molecular complexity index is 1310. The number of benzene rings is 2. The minimum absolute atomic E-state index is 0.0494. The highest BCUT2D eigenvalue weighted by molar-refractivity contribution is 5.98. The molecule has 0 aliphatic heterocycles. The number of nitrogens with one attached hydrogen (secondary N) is 3. The van der Waals surface area contributed by atoms with Gasteiger partial charge in [-0.3, -0.25) is 9.78 Å². The van der Waals surface area contributed by atoms with Crippen LogP contribution in [0, 0.1) is 0 Å². The minimum atomic E-state index is -0.439. The number of amides is 1. The van der Waals surface area contributed by atoms with Crippen LogP contribution in [-0.2, 0) is 24.2 Å². The van der Waals surface area contributed by atoms with Gasteiger partial charge < -0.3 is 25.8 Å². The standard InChI is InChI=1S/C24H27N7O3/c1-4-16-14(11-27-24-28-13-29-31-24)6-5-7-18(16)30-23-15(8-22(25)32)12-26-19-10-21(34-3)20(33-2)9-17(19)23/h5-7,9-10,12-13H,4,8,11H2,1-3H3,(H2,25,32)(H,26,30)(H2,27,28,29,31). The normalized spacial score (nSPS) is 10.8. The van der Waals surface area contributed by atoms with E-state index < -0.39 is 5.91 Å². The number of H-pyrrole nitrogens is 1. The molecular weight excluding hydrogens is 434 g/mol. The highest BCUT2D eigenvalue weighted by Gasteiger charge is 2.17. The summed E-state index contributed by atoms with van der Waals surface area (Å²) in [7, 11) is 3.16. The third kappa shape index (κ3) is 4.70. The lowest BCUT2D eigenvalue weighted by atomic mass is 10.0. The van der Waals surface area contributed by atoms with Crippen molar-refractivity contribution in [2.45, 2.75) is 26.3 Å². The first-order chi connectivity index (χ1) is 16.5. The van der Waals surface area contributed by atoms with E-state index >= 15 is 0 Å². The van der Waals surface area contributed by atoms with E-state index in [1.54, 1.807) is 20.4 Å². The number of nitrogens with zero attached hydrogens (tertiary/aromatic N) is 3. The molecule has 10 heteroatoms. The van der Waals surface area contributed by atoms with Crippen LogP contribution < -0.4 is 25.8 Å². The zero-order chi connectivity index (χ0) is 24.1. The summed E-state index contributed by atoms with van der Waals surface area (Å²) >= 11 is 0. The number of pyridine rings is 1. The van der Waals surface area contributed by atoms with E-state index in [2.05, 4.69) is 43.8 Å². The third-order valence-electron chi connectivity index (χ3n) is 5.56. The van der Waals surface area contributed by atoms with Gasteiger partial charge in [-0.1, -0.05) is 19.1 Å². The molecule has 0 unspecified atom stereocenters. The van der Waals surface area contributed by atoms with Crippen LogP contribution in [0.1, 0.15) is 23.6 Å². The van der Waals surface area contributed by atoms with Gasteiger partial charge in [-0.05, 0) is 29.7 Å². The van der Waals surface area contributed by atoms with E-state index in [-0.39, 0.29) is 6.42 Å². The van der Waals surface area contributed by atoms with Crippen LogP contribution in [-0.4, -0.2) is 40.3 Å². The van der Waals surface area contributed by atoms with Gasteiger partial charge in [0.25, 0.3) is 0 Å². The summed E-state index contributed by atoms with van der Waals surface area (Å²) in [5, 5.41) is 14.3. The molecule has 2 heterocycles. The number of hydrogen-bond acceptors (Lipinski definition) is 8. The monoisotopic (exact) mass is 461 g/mol. The first-order valence-electron chi connectivity index (χ1n) is 10.8. The summed E-state index contributed by atoms with van der Waals surface area (Å²) in [5.41, 5.74) is 10.8. The van der Waals surface area contributed by atoms with E-state index in [1.165, 1.54) is 6.33 Å². The first-order valence-corrected chi connectivity index (χ1v) is 10.8. The lowest BCUT2D eigenvalue weighted by Gasteiger charge is -2.19. The van der Waals surface area contributed by atoms with Gasteiger partial charge in [0, 0.05) is 35.4 Å². The molecule has 0 fully saturated rings. The fourth-order valence-corrected chi connectivity index (χ4v) is 3.97. The molecule has 176 valence electrons. The second-order valence-corrected chi connectivity index (χ2v) is 7.64. The molecule has 4 aromatic rings. The van der Waals surface area contributed by atoms with Crippen molar-refractivity contribution in [2.75, 3.05) is 24.9 Å². The number of rotatable bonds is 10. The summed E-state index contributed by atoms with van der Waals surface area (Å²) in [6.07, 6.45) is 3.97. The molecular formula is C24H27N7O3. The molecule has 0 spiro atoms. The predicted molar refractivity (Wildman–Crippen MR) is 131 cm³/mol. The molecule has 4 rings (SSSR count). The lowest BCUT2D eigenvalue weighted by molar-refractivity contribution is -0.117. The zero-order valence-electron chi connectivity index (χ0n) is 19.3. The summed E-state index contributed by atoms with van der Waals surface area (Å²) < 4.78 is 10.9. The van der Waals surface area contributed by atoms with Gasteiger partial charge in [0.15, 0.2) is 11.5 Å². The average molecular weight is 462 g/mol. The van der Waals surface area contributed by atoms with Crippen molar-refractivity contribution in [3.63, 3.8) is 0 Å². The number of methoxy groups -OCH3 is 2. The van der Waals surface area contributed by atoms with Crippen molar-refractivity contribution in [3.05, 3.63) is 59.5 Å². The maximum Gasteiger partial charge on any atom is 0.221 e. The summed E-state index contributed by atoms with van der Waals surface area (Å²) in [6, 6.07) is 9.73. The molecule has 0 saturated carbocycles. The number of aromatic nitrogens is 4. The van der Waals surface area contributed by atoms with Crippen molar-refractivity contribution >= 4 is 34.1 Å². The van der Waals surface area contributed by atoms with Crippen LogP contribution in [0.3, 0.4) is 0 Å². The molecule has 1 amide bonds. The number of hydrogen-bond donors (Lipinski definition) is 4. The average Bonchev–Trinajstić information content (AvgIpc) is 3.36. The SMILES string of the molecule is CCc1c(CNc2ncn[nH]2)cccc1Nc1c(CC(N)=O)cnc2cc(OC)c(OC)cc12. The van der Waals surface area contributed by atoms with Gasteiger partial charge in [0.05, 0.1) is 31.8 Å². The topological polar surface area (TPSA) is 140 Å². The van der Waals surface area contributed by atoms with Gasteiger partial charge in [0.2, 0.25) is 11.9 Å². The smallest absolute Gasteiger partial charge is 0.221 e. The first kappa shape index (κ1) is 22.8. The van der Waals surface area contributed by atoms with Crippen molar-refractivity contribution in [1.82, 2.24) is 20.2 Å². The third-order valence-corrected chi connectivity index (χ3v) is 5.56. The number of aromatic amines is 1. The van der Waals surface area contributed by atoms with Gasteiger partial charge in [-0.15, -0.1) is 0 Å². The lowest BCUT2D eigenvalue weighted by Crippen LogP contribution is -2.15. The molecule has 2 aromatic heterocycles. The largest absolute Gasteiger partial charge is 0.493 e. The zero-order valence-corrected chi connectivity index (χ0v) is 19.3. The molecule has 10 nitrogen and oxygen atoms in total. The Morgan fingerprint density at radius 1 is 1.12 bits per heavy atom. The van der Waals surface area contributed by atoms with Gasteiger partial charge in [-0.2, -0.15) is 5.10 Å². The highest BCUT2D eigenvalue weighted by atomic mass is 16.5. The Labute approximate surface area is 196 Å². The summed E-state index contributed by atoms with van der Waals surface area (Å²) in [4.78, 5) is 20.5. The summed E-state index contributed by atoms with van der Waals surface area (Å²) in [6.45, 7) is 2.67. The van der Waals surface area contributed by atoms with Crippen LogP contribution in [0.15, 0.2) is 42.9 Å². The predicted octanol–water partition coefficient (Wildman–Crippen LogP) is 3.32. The van der Waals surface area contributed by atoms with Crippen LogP contribution in [0.2, 0.25) is 0 Å². The molecule has 34 heavy (non-hydrogen) atoms. The van der Waals surface area contributed by atoms with Crippen LogP contribution in [0.4, 0.5) is 17.3 Å². The van der Waals surface area contributed by atoms with E-state index in [0.717, 1.165) is 34.3 Å². The maximum absolute atomic E-state index is 11.8. The second-order valence-electron chi connectivity index (χ2n) is 7.64. The molecule has 2 aromatic carbocycles.